The third-order valence-electron chi connectivity index (χ3n) is 7.33. The second-order valence-electron chi connectivity index (χ2n) is 10.6. The molecule has 4 aromatic heterocycles. The number of rotatable bonds is 8. The standard InChI is InChI=1S/C29H29N7O3/c1-18(2)35-9-8-30-28(35)22-4-3-5-27(33-22)36-17-32-23-11-26(39-15-19-13-38-14-19)25(10-21(23)29(36)37)34-12-24(31-16-34)20-6-7-20/h3-5,8-12,16-20H,6-7,13-15H2,1-2H3. The van der Waals surface area contributed by atoms with E-state index in [-0.39, 0.29) is 11.6 Å². The molecule has 5 heterocycles. The number of ether oxygens (including phenoxy) is 2. The smallest absolute Gasteiger partial charge is 0.267 e. The Morgan fingerprint density at radius 2 is 1.97 bits per heavy atom. The molecule has 0 atom stereocenters. The molecule has 39 heavy (non-hydrogen) atoms. The fourth-order valence-corrected chi connectivity index (χ4v) is 4.88. The summed E-state index contributed by atoms with van der Waals surface area (Å²) >= 11 is 0. The van der Waals surface area contributed by atoms with Crippen LogP contribution in [0.5, 0.6) is 5.75 Å². The van der Waals surface area contributed by atoms with Crippen LogP contribution in [-0.2, 0) is 4.74 Å². The van der Waals surface area contributed by atoms with E-state index in [1.807, 2.05) is 41.2 Å². The first kappa shape index (κ1) is 23.8. The van der Waals surface area contributed by atoms with Gasteiger partial charge in [-0.1, -0.05) is 6.07 Å². The number of hydrogen-bond acceptors (Lipinski definition) is 7. The summed E-state index contributed by atoms with van der Waals surface area (Å²) in [5.41, 5.74) is 2.87. The van der Waals surface area contributed by atoms with E-state index >= 15 is 0 Å². The monoisotopic (exact) mass is 523 g/mol. The van der Waals surface area contributed by atoms with Crippen LogP contribution in [0.2, 0.25) is 0 Å². The molecule has 1 saturated carbocycles. The van der Waals surface area contributed by atoms with Crippen LogP contribution >= 0.6 is 0 Å². The van der Waals surface area contributed by atoms with Crippen LogP contribution in [0.1, 0.15) is 44.3 Å². The highest BCUT2D eigenvalue weighted by Gasteiger charge is 2.27. The molecule has 0 N–H and O–H groups in total. The molecule has 2 fully saturated rings. The lowest BCUT2D eigenvalue weighted by molar-refractivity contribution is -0.0508. The summed E-state index contributed by atoms with van der Waals surface area (Å²) in [6.07, 6.45) is 11.4. The van der Waals surface area contributed by atoms with E-state index in [9.17, 15) is 4.79 Å². The average molecular weight is 524 g/mol. The van der Waals surface area contributed by atoms with Gasteiger partial charge in [0.2, 0.25) is 0 Å². The molecule has 1 aliphatic heterocycles. The van der Waals surface area contributed by atoms with Crippen molar-refractivity contribution >= 4 is 10.9 Å². The number of pyridine rings is 1. The van der Waals surface area contributed by atoms with Gasteiger partial charge in [-0.3, -0.25) is 9.36 Å². The first-order valence-corrected chi connectivity index (χ1v) is 13.4. The molecule has 10 nitrogen and oxygen atoms in total. The number of nitrogens with zero attached hydrogens (tertiary/aromatic N) is 7. The molecule has 0 radical (unpaired) electrons. The van der Waals surface area contributed by atoms with Crippen LogP contribution in [0.15, 0.2) is 66.4 Å². The Kier molecular flexibility index (Phi) is 5.77. The van der Waals surface area contributed by atoms with Crippen molar-refractivity contribution in [3.63, 3.8) is 0 Å². The van der Waals surface area contributed by atoms with Crippen LogP contribution < -0.4 is 10.3 Å². The minimum Gasteiger partial charge on any atom is -0.491 e. The van der Waals surface area contributed by atoms with Gasteiger partial charge in [0, 0.05) is 42.5 Å². The summed E-state index contributed by atoms with van der Waals surface area (Å²) in [4.78, 5) is 32.3. The summed E-state index contributed by atoms with van der Waals surface area (Å²) < 4.78 is 17.0. The summed E-state index contributed by atoms with van der Waals surface area (Å²) in [7, 11) is 0. The summed E-state index contributed by atoms with van der Waals surface area (Å²) in [5, 5.41) is 0.476. The summed E-state index contributed by atoms with van der Waals surface area (Å²) in [6, 6.07) is 9.50. The van der Waals surface area contributed by atoms with E-state index in [4.69, 9.17) is 14.5 Å². The molecule has 0 bridgehead atoms. The topological polar surface area (TPSA) is 102 Å². The van der Waals surface area contributed by atoms with Crippen molar-refractivity contribution in [2.45, 2.75) is 38.6 Å². The molecule has 0 unspecified atom stereocenters. The highest BCUT2D eigenvalue weighted by atomic mass is 16.5. The Hall–Kier alpha value is -4.31. The lowest BCUT2D eigenvalue weighted by atomic mass is 10.1. The second-order valence-corrected chi connectivity index (χ2v) is 10.6. The lowest BCUT2D eigenvalue weighted by Gasteiger charge is -2.26. The number of hydrogen-bond donors (Lipinski definition) is 0. The Morgan fingerprint density at radius 1 is 1.10 bits per heavy atom. The highest BCUT2D eigenvalue weighted by Crippen LogP contribution is 2.39. The predicted molar refractivity (Wildman–Crippen MR) is 146 cm³/mol. The fourth-order valence-electron chi connectivity index (χ4n) is 4.88. The fraction of sp³-hybridized carbons (Fsp3) is 0.345. The van der Waals surface area contributed by atoms with Gasteiger partial charge >= 0.3 is 0 Å². The van der Waals surface area contributed by atoms with E-state index in [0.29, 0.717) is 59.8 Å². The van der Waals surface area contributed by atoms with Crippen molar-refractivity contribution in [2.24, 2.45) is 5.92 Å². The highest BCUT2D eigenvalue weighted by molar-refractivity contribution is 5.83. The Balaban J connectivity index is 1.31. The van der Waals surface area contributed by atoms with Crippen LogP contribution in [0.3, 0.4) is 0 Å². The Morgan fingerprint density at radius 3 is 2.74 bits per heavy atom. The number of fused-ring (bicyclic) bond motifs is 1. The first-order valence-electron chi connectivity index (χ1n) is 13.4. The van der Waals surface area contributed by atoms with Crippen LogP contribution in [0.4, 0.5) is 0 Å². The molecule has 7 rings (SSSR count). The first-order chi connectivity index (χ1) is 19.0. The van der Waals surface area contributed by atoms with Gasteiger partial charge in [0.15, 0.2) is 5.82 Å². The third kappa shape index (κ3) is 4.40. The van der Waals surface area contributed by atoms with Gasteiger partial charge in [0.05, 0.1) is 48.4 Å². The quantitative estimate of drug-likeness (QED) is 0.299. The zero-order valence-electron chi connectivity index (χ0n) is 21.9. The van der Waals surface area contributed by atoms with Crippen molar-refractivity contribution in [1.29, 1.82) is 0 Å². The minimum absolute atomic E-state index is 0.209. The third-order valence-corrected chi connectivity index (χ3v) is 7.33. The molecule has 2 aliphatic rings. The van der Waals surface area contributed by atoms with E-state index in [0.717, 1.165) is 30.0 Å². The molecule has 1 saturated heterocycles. The van der Waals surface area contributed by atoms with Gasteiger partial charge in [-0.05, 0) is 44.9 Å². The number of benzene rings is 1. The zero-order chi connectivity index (χ0) is 26.5. The maximum Gasteiger partial charge on any atom is 0.267 e. The maximum absolute atomic E-state index is 13.8. The molecule has 0 spiro atoms. The van der Waals surface area contributed by atoms with E-state index in [1.54, 1.807) is 18.6 Å². The maximum atomic E-state index is 13.8. The van der Waals surface area contributed by atoms with Crippen molar-refractivity contribution in [1.82, 2.24) is 33.6 Å². The average Bonchev–Trinajstić information content (AvgIpc) is 3.43. The minimum atomic E-state index is -0.209. The molecule has 0 amide bonds. The summed E-state index contributed by atoms with van der Waals surface area (Å²) in [6.45, 7) is 6.13. The normalized spacial score (nSPS) is 15.7. The molecule has 1 aliphatic carbocycles. The van der Waals surface area contributed by atoms with Crippen molar-refractivity contribution in [2.75, 3.05) is 19.8 Å². The van der Waals surface area contributed by atoms with Crippen molar-refractivity contribution in [3.8, 4) is 28.8 Å². The van der Waals surface area contributed by atoms with Gasteiger partial charge < -0.3 is 18.6 Å². The van der Waals surface area contributed by atoms with E-state index < -0.39 is 0 Å². The number of aromatic nitrogens is 7. The largest absolute Gasteiger partial charge is 0.491 e. The number of imidazole rings is 2. The van der Waals surface area contributed by atoms with Crippen LogP contribution in [0, 0.1) is 5.92 Å². The molecule has 5 aromatic rings. The molecule has 1 aromatic carbocycles. The predicted octanol–water partition coefficient (Wildman–Crippen LogP) is 4.31. The van der Waals surface area contributed by atoms with E-state index in [1.165, 1.54) is 10.9 Å². The van der Waals surface area contributed by atoms with E-state index in [2.05, 4.69) is 33.4 Å². The van der Waals surface area contributed by atoms with Gasteiger partial charge in [-0.25, -0.2) is 19.9 Å². The van der Waals surface area contributed by atoms with Crippen molar-refractivity contribution < 1.29 is 9.47 Å². The Bertz CT molecular complexity index is 1730. The molecular formula is C29H29N7O3. The molecule has 10 heteroatoms. The SMILES string of the molecule is CC(C)n1ccnc1-c1cccc(-n2cnc3cc(OCC4COC4)c(-n4cnc(C5CC5)c4)cc3c2=O)n1. The molecular weight excluding hydrogens is 494 g/mol. The summed E-state index contributed by atoms with van der Waals surface area (Å²) in [5.74, 6) is 2.78. The van der Waals surface area contributed by atoms with Crippen LogP contribution in [-0.4, -0.2) is 53.5 Å². The lowest BCUT2D eigenvalue weighted by Crippen LogP contribution is -2.32. The van der Waals surface area contributed by atoms with Crippen molar-refractivity contribution in [3.05, 3.63) is 77.6 Å². The second kappa shape index (κ2) is 9.46. The van der Waals surface area contributed by atoms with Gasteiger partial charge in [0.1, 0.15) is 23.6 Å². The van der Waals surface area contributed by atoms with Crippen LogP contribution in [0.25, 0.3) is 33.9 Å². The molecule has 198 valence electrons. The van der Waals surface area contributed by atoms with Gasteiger partial charge in [-0.2, -0.15) is 0 Å². The Labute approximate surface area is 224 Å². The zero-order valence-corrected chi connectivity index (χ0v) is 21.9. The van der Waals surface area contributed by atoms with Gasteiger partial charge in [-0.15, -0.1) is 0 Å². The van der Waals surface area contributed by atoms with Gasteiger partial charge in [0.25, 0.3) is 5.56 Å².